The monoisotopic (exact) mass is 312 g/mol. The van der Waals surface area contributed by atoms with Crippen molar-refractivity contribution in [3.63, 3.8) is 0 Å². The number of ether oxygens (including phenoxy) is 1. The summed E-state index contributed by atoms with van der Waals surface area (Å²) in [6.45, 7) is 9.80. The van der Waals surface area contributed by atoms with Gasteiger partial charge in [-0.05, 0) is 37.1 Å². The van der Waals surface area contributed by atoms with Gasteiger partial charge in [-0.15, -0.1) is 0 Å². The van der Waals surface area contributed by atoms with Crippen LogP contribution in [0, 0.1) is 5.92 Å². The minimum atomic E-state index is -0.135. The van der Waals surface area contributed by atoms with Crippen molar-refractivity contribution in [2.24, 2.45) is 5.92 Å². The van der Waals surface area contributed by atoms with Gasteiger partial charge in [0, 0.05) is 12.6 Å². The summed E-state index contributed by atoms with van der Waals surface area (Å²) in [7, 11) is 0. The molecule has 0 spiro atoms. The van der Waals surface area contributed by atoms with Crippen LogP contribution in [0.4, 0.5) is 0 Å². The molecule has 0 aliphatic carbocycles. The number of benzene rings is 1. The van der Waals surface area contributed by atoms with Gasteiger partial charge in [0.25, 0.3) is 5.91 Å². The van der Waals surface area contributed by atoms with Gasteiger partial charge in [0.2, 0.25) is 0 Å². The molecule has 0 saturated carbocycles. The highest BCUT2D eigenvalue weighted by Crippen LogP contribution is 2.25. The van der Waals surface area contributed by atoms with Crippen LogP contribution in [0.25, 0.3) is 0 Å². The zero-order chi connectivity index (χ0) is 15.8. The van der Waals surface area contributed by atoms with E-state index in [4.69, 9.17) is 16.3 Å². The third-order valence-corrected chi connectivity index (χ3v) is 3.62. The standard InChI is InChI=1S/C16H25ClN2O2/c1-5-18-9-13-6-7-15(14(17)8-13)21-10-16(20)19-12(4)11(2)3/h6-8,11-12,18H,5,9-10H2,1-4H3,(H,19,20). The first kappa shape index (κ1) is 17.8. The second-order valence-corrected chi connectivity index (χ2v) is 5.84. The van der Waals surface area contributed by atoms with E-state index in [-0.39, 0.29) is 18.6 Å². The summed E-state index contributed by atoms with van der Waals surface area (Å²) >= 11 is 6.16. The van der Waals surface area contributed by atoms with Crippen LogP contribution < -0.4 is 15.4 Å². The van der Waals surface area contributed by atoms with Gasteiger partial charge in [-0.2, -0.15) is 0 Å². The Morgan fingerprint density at radius 1 is 1.33 bits per heavy atom. The van der Waals surface area contributed by atoms with Crippen LogP contribution >= 0.6 is 11.6 Å². The van der Waals surface area contributed by atoms with Gasteiger partial charge in [-0.3, -0.25) is 4.79 Å². The van der Waals surface area contributed by atoms with Crippen LogP contribution in [0.5, 0.6) is 5.75 Å². The maximum atomic E-state index is 11.8. The van der Waals surface area contributed by atoms with Crippen LogP contribution in [-0.4, -0.2) is 25.1 Å². The summed E-state index contributed by atoms with van der Waals surface area (Å²) in [5.41, 5.74) is 1.09. The summed E-state index contributed by atoms with van der Waals surface area (Å²) in [4.78, 5) is 11.8. The third-order valence-electron chi connectivity index (χ3n) is 3.32. The van der Waals surface area contributed by atoms with E-state index < -0.39 is 0 Å². The molecule has 1 unspecified atom stereocenters. The van der Waals surface area contributed by atoms with Gasteiger partial charge in [-0.1, -0.05) is 38.4 Å². The molecule has 0 bridgehead atoms. The van der Waals surface area contributed by atoms with Crippen molar-refractivity contribution in [2.75, 3.05) is 13.2 Å². The van der Waals surface area contributed by atoms with E-state index >= 15 is 0 Å². The molecule has 0 saturated heterocycles. The van der Waals surface area contributed by atoms with Crippen molar-refractivity contribution in [3.8, 4) is 5.75 Å². The van der Waals surface area contributed by atoms with Gasteiger partial charge in [0.1, 0.15) is 5.75 Å². The summed E-state index contributed by atoms with van der Waals surface area (Å²) in [6.07, 6.45) is 0. The molecule has 1 atom stereocenters. The molecule has 5 heteroatoms. The Kier molecular flexibility index (Phi) is 7.54. The fourth-order valence-corrected chi connectivity index (χ4v) is 1.90. The lowest BCUT2D eigenvalue weighted by atomic mass is 10.1. The molecule has 1 rings (SSSR count). The summed E-state index contributed by atoms with van der Waals surface area (Å²) < 4.78 is 5.47. The van der Waals surface area contributed by atoms with Gasteiger partial charge in [0.05, 0.1) is 5.02 Å². The number of carbonyl (C=O) groups excluding carboxylic acids is 1. The smallest absolute Gasteiger partial charge is 0.258 e. The van der Waals surface area contributed by atoms with Crippen LogP contribution in [0.3, 0.4) is 0 Å². The highest BCUT2D eigenvalue weighted by molar-refractivity contribution is 6.32. The number of rotatable bonds is 8. The quantitative estimate of drug-likeness (QED) is 0.776. The van der Waals surface area contributed by atoms with Gasteiger partial charge >= 0.3 is 0 Å². The lowest BCUT2D eigenvalue weighted by Crippen LogP contribution is -2.38. The largest absolute Gasteiger partial charge is 0.482 e. The molecule has 0 fully saturated rings. The fourth-order valence-electron chi connectivity index (χ4n) is 1.65. The molecule has 4 nitrogen and oxygen atoms in total. The van der Waals surface area contributed by atoms with E-state index in [9.17, 15) is 4.79 Å². The molecule has 0 radical (unpaired) electrons. The molecule has 1 amide bonds. The summed E-state index contributed by atoms with van der Waals surface area (Å²) in [6, 6.07) is 5.72. The van der Waals surface area contributed by atoms with Crippen molar-refractivity contribution < 1.29 is 9.53 Å². The van der Waals surface area contributed by atoms with Crippen molar-refractivity contribution in [3.05, 3.63) is 28.8 Å². The SMILES string of the molecule is CCNCc1ccc(OCC(=O)NC(C)C(C)C)c(Cl)c1. The normalized spacial score (nSPS) is 12.3. The first-order chi connectivity index (χ1) is 9.93. The number of hydrogen-bond donors (Lipinski definition) is 2. The minimum Gasteiger partial charge on any atom is -0.482 e. The number of nitrogens with one attached hydrogen (secondary N) is 2. The first-order valence-corrected chi connectivity index (χ1v) is 7.73. The average molecular weight is 313 g/mol. The van der Waals surface area contributed by atoms with E-state index in [0.717, 1.165) is 18.7 Å². The predicted molar refractivity (Wildman–Crippen MR) is 86.8 cm³/mol. The van der Waals surface area contributed by atoms with Crippen molar-refractivity contribution >= 4 is 17.5 Å². The van der Waals surface area contributed by atoms with E-state index in [2.05, 4.69) is 31.4 Å². The van der Waals surface area contributed by atoms with Crippen molar-refractivity contribution in [2.45, 2.75) is 40.3 Å². The second kappa shape index (κ2) is 8.90. The average Bonchev–Trinajstić information content (AvgIpc) is 2.43. The molecule has 2 N–H and O–H groups in total. The lowest BCUT2D eigenvalue weighted by Gasteiger charge is -2.17. The number of halogens is 1. The van der Waals surface area contributed by atoms with Crippen LogP contribution in [0.2, 0.25) is 5.02 Å². The van der Waals surface area contributed by atoms with Gasteiger partial charge in [-0.25, -0.2) is 0 Å². The molecule has 0 aliphatic rings. The van der Waals surface area contributed by atoms with Crippen LogP contribution in [0.1, 0.15) is 33.3 Å². The van der Waals surface area contributed by atoms with E-state index in [0.29, 0.717) is 16.7 Å². The maximum absolute atomic E-state index is 11.8. The summed E-state index contributed by atoms with van der Waals surface area (Å²) in [5, 5.41) is 6.64. The van der Waals surface area contributed by atoms with E-state index in [1.54, 1.807) is 6.07 Å². The van der Waals surface area contributed by atoms with Gasteiger partial charge < -0.3 is 15.4 Å². The van der Waals surface area contributed by atoms with Crippen LogP contribution in [-0.2, 0) is 11.3 Å². The zero-order valence-corrected chi connectivity index (χ0v) is 14.0. The van der Waals surface area contributed by atoms with Crippen LogP contribution in [0.15, 0.2) is 18.2 Å². The fraction of sp³-hybridized carbons (Fsp3) is 0.562. The number of hydrogen-bond acceptors (Lipinski definition) is 3. The second-order valence-electron chi connectivity index (χ2n) is 5.43. The molecular formula is C16H25ClN2O2. The molecule has 0 heterocycles. The Morgan fingerprint density at radius 2 is 2.05 bits per heavy atom. The Morgan fingerprint density at radius 3 is 2.62 bits per heavy atom. The van der Waals surface area contributed by atoms with E-state index in [1.165, 1.54) is 0 Å². The molecule has 118 valence electrons. The highest BCUT2D eigenvalue weighted by atomic mass is 35.5. The molecule has 0 aromatic heterocycles. The van der Waals surface area contributed by atoms with Crippen molar-refractivity contribution in [1.29, 1.82) is 0 Å². The molecule has 21 heavy (non-hydrogen) atoms. The lowest BCUT2D eigenvalue weighted by molar-refractivity contribution is -0.123. The maximum Gasteiger partial charge on any atom is 0.258 e. The molecule has 0 aliphatic heterocycles. The van der Waals surface area contributed by atoms with Crippen molar-refractivity contribution in [1.82, 2.24) is 10.6 Å². The first-order valence-electron chi connectivity index (χ1n) is 7.35. The minimum absolute atomic E-state index is 0.0245. The predicted octanol–water partition coefficient (Wildman–Crippen LogP) is 2.99. The molecular weight excluding hydrogens is 288 g/mol. The number of amides is 1. The van der Waals surface area contributed by atoms with E-state index in [1.807, 2.05) is 19.1 Å². The van der Waals surface area contributed by atoms with Gasteiger partial charge in [0.15, 0.2) is 6.61 Å². The molecule has 1 aromatic carbocycles. The molecule has 1 aromatic rings. The Labute approximate surface area is 132 Å². The zero-order valence-electron chi connectivity index (χ0n) is 13.2. The Bertz CT molecular complexity index is 464. The topological polar surface area (TPSA) is 50.4 Å². The third kappa shape index (κ3) is 6.36. The summed E-state index contributed by atoms with van der Waals surface area (Å²) in [5.74, 6) is 0.788. The Hall–Kier alpha value is -1.26. The Balaban J connectivity index is 2.50. The highest BCUT2D eigenvalue weighted by Gasteiger charge is 2.12. The number of carbonyl (C=O) groups is 1.